The van der Waals surface area contributed by atoms with Crippen LogP contribution >= 0.6 is 11.3 Å². The maximum absolute atomic E-state index is 13.0. The zero-order chi connectivity index (χ0) is 20.2. The maximum atomic E-state index is 13.0. The van der Waals surface area contributed by atoms with Gasteiger partial charge >= 0.3 is 0 Å². The Bertz CT molecular complexity index is 1090. The van der Waals surface area contributed by atoms with Crippen LogP contribution in [0.3, 0.4) is 0 Å². The van der Waals surface area contributed by atoms with Crippen molar-refractivity contribution >= 4 is 27.3 Å². The number of aromatic nitrogens is 3. The lowest BCUT2D eigenvalue weighted by atomic mass is 10.1. The molecule has 1 amide bonds. The molecule has 4 aromatic rings. The van der Waals surface area contributed by atoms with E-state index in [1.165, 1.54) is 23.5 Å². The summed E-state index contributed by atoms with van der Waals surface area (Å²) in [4.78, 5) is 17.2. The second kappa shape index (κ2) is 8.38. The van der Waals surface area contributed by atoms with Gasteiger partial charge in [-0.2, -0.15) is 0 Å². The molecular weight excluding hydrogens is 393 g/mol. The smallest absolute Gasteiger partial charge is 0.251 e. The van der Waals surface area contributed by atoms with Crippen molar-refractivity contribution in [1.29, 1.82) is 0 Å². The molecule has 2 heterocycles. The molecule has 0 spiro atoms. The van der Waals surface area contributed by atoms with Gasteiger partial charge in [-0.25, -0.2) is 13.9 Å². The topological polar surface area (TPSA) is 91.5 Å². The Hall–Kier alpha value is -3.30. The van der Waals surface area contributed by atoms with E-state index in [0.29, 0.717) is 12.1 Å². The zero-order valence-corrected chi connectivity index (χ0v) is 16.1. The van der Waals surface area contributed by atoms with Crippen molar-refractivity contribution < 1.29 is 14.3 Å². The van der Waals surface area contributed by atoms with Gasteiger partial charge in [-0.1, -0.05) is 35.6 Å². The van der Waals surface area contributed by atoms with Crippen LogP contribution in [0.25, 0.3) is 16.2 Å². The Morgan fingerprint density at radius 3 is 2.59 bits per heavy atom. The van der Waals surface area contributed by atoms with E-state index >= 15 is 0 Å². The van der Waals surface area contributed by atoms with Crippen LogP contribution in [0, 0.1) is 5.82 Å². The molecule has 2 aromatic heterocycles. The number of imidazole rings is 1. The van der Waals surface area contributed by atoms with Crippen LogP contribution in [-0.4, -0.2) is 38.8 Å². The fraction of sp³-hybridized carbons (Fsp3) is 0.150. The van der Waals surface area contributed by atoms with Crippen molar-refractivity contribution in [3.8, 4) is 11.3 Å². The first-order chi connectivity index (χ1) is 14.1. The summed E-state index contributed by atoms with van der Waals surface area (Å²) in [5.41, 5.74) is 3.12. The number of anilines is 1. The number of carbonyl (C=O) groups excluding carboxylic acids is 1. The highest BCUT2D eigenvalue weighted by molar-refractivity contribution is 7.20. The number of benzene rings is 2. The summed E-state index contributed by atoms with van der Waals surface area (Å²) in [5.74, 6) is -0.484. The fourth-order valence-electron chi connectivity index (χ4n) is 2.75. The summed E-state index contributed by atoms with van der Waals surface area (Å²) >= 11 is 1.42. The lowest BCUT2D eigenvalue weighted by molar-refractivity contribution is 0.0945. The number of amides is 1. The number of nitrogens with one attached hydrogen (secondary N) is 2. The molecule has 148 valence electrons. The van der Waals surface area contributed by atoms with Gasteiger partial charge in [-0.15, -0.1) is 5.10 Å². The van der Waals surface area contributed by atoms with Gasteiger partial charge in [0, 0.05) is 24.2 Å². The Morgan fingerprint density at radius 1 is 1.14 bits per heavy atom. The van der Waals surface area contributed by atoms with E-state index in [2.05, 4.69) is 20.7 Å². The molecule has 0 aliphatic heterocycles. The number of hydrogen-bond donors (Lipinski definition) is 3. The quantitative estimate of drug-likeness (QED) is 0.435. The Kier molecular flexibility index (Phi) is 5.50. The molecule has 0 saturated heterocycles. The Morgan fingerprint density at radius 2 is 1.90 bits per heavy atom. The lowest BCUT2D eigenvalue weighted by Gasteiger charge is -2.04. The number of nitrogens with zero attached hydrogens (tertiary/aromatic N) is 3. The summed E-state index contributed by atoms with van der Waals surface area (Å²) < 4.78 is 14.7. The number of hydrogen-bond acceptors (Lipinski definition) is 6. The van der Waals surface area contributed by atoms with Crippen LogP contribution in [0.4, 0.5) is 9.52 Å². The molecule has 0 bridgehead atoms. The largest absolute Gasteiger partial charge is 0.395 e. The molecule has 0 aliphatic rings. The van der Waals surface area contributed by atoms with Gasteiger partial charge in [-0.3, -0.25) is 4.79 Å². The van der Waals surface area contributed by atoms with E-state index in [0.717, 1.165) is 26.9 Å². The van der Waals surface area contributed by atoms with Crippen molar-refractivity contribution in [3.05, 3.63) is 71.7 Å². The molecule has 0 aliphatic carbocycles. The van der Waals surface area contributed by atoms with Gasteiger partial charge in [0.15, 0.2) is 0 Å². The number of rotatable bonds is 7. The van der Waals surface area contributed by atoms with Gasteiger partial charge in [0.1, 0.15) is 5.82 Å². The molecule has 4 rings (SSSR count). The van der Waals surface area contributed by atoms with Crippen molar-refractivity contribution in [2.75, 3.05) is 18.5 Å². The minimum Gasteiger partial charge on any atom is -0.395 e. The second-order valence-electron chi connectivity index (χ2n) is 6.30. The number of carbonyl (C=O) groups is 1. The van der Waals surface area contributed by atoms with E-state index in [1.54, 1.807) is 28.8 Å². The molecule has 0 atom stereocenters. The minimum atomic E-state index is -0.257. The van der Waals surface area contributed by atoms with E-state index < -0.39 is 0 Å². The fourth-order valence-corrected chi connectivity index (χ4v) is 3.53. The lowest BCUT2D eigenvalue weighted by Crippen LogP contribution is -2.26. The first kappa shape index (κ1) is 19.0. The third-order valence-electron chi connectivity index (χ3n) is 4.24. The van der Waals surface area contributed by atoms with Gasteiger partial charge in [-0.05, 0) is 29.8 Å². The highest BCUT2D eigenvalue weighted by atomic mass is 32.1. The predicted molar refractivity (Wildman–Crippen MR) is 109 cm³/mol. The first-order valence-corrected chi connectivity index (χ1v) is 9.78. The monoisotopic (exact) mass is 411 g/mol. The summed E-state index contributed by atoms with van der Waals surface area (Å²) in [6, 6.07) is 13.4. The van der Waals surface area contributed by atoms with Crippen molar-refractivity contribution in [2.45, 2.75) is 6.54 Å². The molecule has 0 fully saturated rings. The van der Waals surface area contributed by atoms with Gasteiger partial charge < -0.3 is 15.7 Å². The molecular formula is C20H18FN5O2S. The molecule has 9 heteroatoms. The third kappa shape index (κ3) is 4.41. The van der Waals surface area contributed by atoms with Crippen LogP contribution in [-0.2, 0) is 6.54 Å². The second-order valence-corrected chi connectivity index (χ2v) is 7.25. The highest BCUT2D eigenvalue weighted by Crippen LogP contribution is 2.25. The average molecular weight is 411 g/mol. The summed E-state index contributed by atoms with van der Waals surface area (Å²) in [5, 5.41) is 19.8. The number of fused-ring (bicyclic) bond motifs is 1. The van der Waals surface area contributed by atoms with Crippen molar-refractivity contribution in [1.82, 2.24) is 19.9 Å². The minimum absolute atomic E-state index is 0.0943. The SMILES string of the molecule is O=C(NCCO)c1ccc(-c2cn3nc(NCc4ccc(F)cc4)sc3n2)cc1. The number of aliphatic hydroxyl groups is 1. The zero-order valence-electron chi connectivity index (χ0n) is 15.3. The molecule has 29 heavy (non-hydrogen) atoms. The van der Waals surface area contributed by atoms with Gasteiger partial charge in [0.25, 0.3) is 5.91 Å². The van der Waals surface area contributed by atoms with E-state index in [1.807, 2.05) is 18.3 Å². The average Bonchev–Trinajstić information content (AvgIpc) is 3.30. The predicted octanol–water partition coefficient (Wildman–Crippen LogP) is 2.93. The molecule has 3 N–H and O–H groups in total. The van der Waals surface area contributed by atoms with Gasteiger partial charge in [0.05, 0.1) is 18.5 Å². The van der Waals surface area contributed by atoms with E-state index in [-0.39, 0.29) is 24.9 Å². The number of halogens is 1. The summed E-state index contributed by atoms with van der Waals surface area (Å²) in [6.45, 7) is 0.674. The standard InChI is InChI=1S/C20H18FN5O2S/c21-16-7-1-13(2-8-16)11-23-19-25-26-12-17(24-20(26)29-19)14-3-5-15(6-4-14)18(28)22-9-10-27/h1-8,12,27H,9-11H2,(H,22,28)(H,23,25). The Labute approximate surface area is 169 Å². The molecule has 2 aromatic carbocycles. The molecule has 7 nitrogen and oxygen atoms in total. The molecule has 0 saturated carbocycles. The summed E-state index contributed by atoms with van der Waals surface area (Å²) in [7, 11) is 0. The van der Waals surface area contributed by atoms with Crippen molar-refractivity contribution in [3.63, 3.8) is 0 Å². The normalized spacial score (nSPS) is 11.0. The van der Waals surface area contributed by atoms with E-state index in [9.17, 15) is 9.18 Å². The van der Waals surface area contributed by atoms with Gasteiger partial charge in [0.2, 0.25) is 10.1 Å². The van der Waals surface area contributed by atoms with Crippen LogP contribution in [0.5, 0.6) is 0 Å². The third-order valence-corrected chi connectivity index (χ3v) is 5.12. The Balaban J connectivity index is 1.43. The van der Waals surface area contributed by atoms with Crippen LogP contribution in [0.2, 0.25) is 0 Å². The highest BCUT2D eigenvalue weighted by Gasteiger charge is 2.11. The number of aliphatic hydroxyl groups excluding tert-OH is 1. The van der Waals surface area contributed by atoms with E-state index in [4.69, 9.17) is 5.11 Å². The maximum Gasteiger partial charge on any atom is 0.251 e. The van der Waals surface area contributed by atoms with Crippen LogP contribution < -0.4 is 10.6 Å². The molecule has 0 unspecified atom stereocenters. The first-order valence-electron chi connectivity index (χ1n) is 8.96. The summed E-state index contributed by atoms with van der Waals surface area (Å²) in [6.07, 6.45) is 1.83. The van der Waals surface area contributed by atoms with Crippen molar-refractivity contribution in [2.24, 2.45) is 0 Å². The molecule has 0 radical (unpaired) electrons. The van der Waals surface area contributed by atoms with Crippen LogP contribution in [0.1, 0.15) is 15.9 Å². The van der Waals surface area contributed by atoms with Crippen LogP contribution in [0.15, 0.2) is 54.7 Å².